The molecule has 8 heteroatoms. The van der Waals surface area contributed by atoms with Gasteiger partial charge in [-0.25, -0.2) is 12.8 Å². The number of halogens is 1. The average molecular weight is 447 g/mol. The zero-order valence-electron chi connectivity index (χ0n) is 17.3. The van der Waals surface area contributed by atoms with E-state index in [1.165, 1.54) is 29.3 Å². The van der Waals surface area contributed by atoms with E-state index >= 15 is 0 Å². The Labute approximate surface area is 182 Å². The number of carbonyl (C=O) groups is 1. The van der Waals surface area contributed by atoms with Gasteiger partial charge in [0.2, 0.25) is 15.9 Å². The third-order valence-corrected chi connectivity index (χ3v) is 7.92. The van der Waals surface area contributed by atoms with E-state index in [-0.39, 0.29) is 35.9 Å². The SMILES string of the molecule is O=C(Nc1ccc(OC2CCCC2)cc1)C1CCN(S(=O)(=O)c2ccc(F)cc2)CC1. The number of hydrogen-bond donors (Lipinski definition) is 1. The van der Waals surface area contributed by atoms with Crippen molar-refractivity contribution in [2.45, 2.75) is 49.5 Å². The summed E-state index contributed by atoms with van der Waals surface area (Å²) >= 11 is 0. The summed E-state index contributed by atoms with van der Waals surface area (Å²) in [5, 5.41) is 2.92. The second-order valence-electron chi connectivity index (χ2n) is 8.17. The molecule has 2 aromatic carbocycles. The van der Waals surface area contributed by atoms with Crippen LogP contribution in [0.4, 0.5) is 10.1 Å². The Kier molecular flexibility index (Phi) is 6.57. The topological polar surface area (TPSA) is 75.7 Å². The van der Waals surface area contributed by atoms with Crippen LogP contribution in [0.3, 0.4) is 0 Å². The summed E-state index contributed by atoms with van der Waals surface area (Å²) in [7, 11) is -3.68. The fourth-order valence-electron chi connectivity index (χ4n) is 4.17. The molecule has 0 aromatic heterocycles. The zero-order valence-corrected chi connectivity index (χ0v) is 18.1. The molecule has 2 aromatic rings. The van der Waals surface area contributed by atoms with Crippen LogP contribution in [0.5, 0.6) is 5.75 Å². The molecule has 0 bridgehead atoms. The molecule has 6 nitrogen and oxygen atoms in total. The van der Waals surface area contributed by atoms with E-state index in [1.807, 2.05) is 24.3 Å². The van der Waals surface area contributed by atoms with Gasteiger partial charge >= 0.3 is 0 Å². The number of sulfonamides is 1. The molecule has 1 aliphatic carbocycles. The largest absolute Gasteiger partial charge is 0.490 e. The highest BCUT2D eigenvalue weighted by molar-refractivity contribution is 7.89. The van der Waals surface area contributed by atoms with E-state index in [1.54, 1.807) is 0 Å². The molecule has 0 radical (unpaired) electrons. The molecule has 2 aliphatic rings. The van der Waals surface area contributed by atoms with Gasteiger partial charge < -0.3 is 10.1 Å². The van der Waals surface area contributed by atoms with Gasteiger partial charge in [0, 0.05) is 24.7 Å². The number of hydrogen-bond acceptors (Lipinski definition) is 4. The highest BCUT2D eigenvalue weighted by atomic mass is 32.2. The van der Waals surface area contributed by atoms with Crippen LogP contribution in [-0.2, 0) is 14.8 Å². The fourth-order valence-corrected chi connectivity index (χ4v) is 5.64. The molecule has 0 unspecified atom stereocenters. The molecule has 4 rings (SSSR count). The highest BCUT2D eigenvalue weighted by Crippen LogP contribution is 2.27. The van der Waals surface area contributed by atoms with Gasteiger partial charge in [-0.2, -0.15) is 4.31 Å². The van der Waals surface area contributed by atoms with Crippen molar-refractivity contribution in [3.05, 3.63) is 54.3 Å². The van der Waals surface area contributed by atoms with Crippen molar-refractivity contribution in [1.82, 2.24) is 4.31 Å². The highest BCUT2D eigenvalue weighted by Gasteiger charge is 2.32. The van der Waals surface area contributed by atoms with Crippen molar-refractivity contribution in [2.24, 2.45) is 5.92 Å². The van der Waals surface area contributed by atoms with Crippen molar-refractivity contribution >= 4 is 21.6 Å². The molecule has 0 atom stereocenters. The number of rotatable bonds is 6. The number of piperidine rings is 1. The van der Waals surface area contributed by atoms with E-state index in [0.717, 1.165) is 30.7 Å². The minimum absolute atomic E-state index is 0.0664. The number of nitrogens with one attached hydrogen (secondary N) is 1. The summed E-state index contributed by atoms with van der Waals surface area (Å²) in [5.74, 6) is -0.0333. The van der Waals surface area contributed by atoms with Crippen LogP contribution in [0.25, 0.3) is 0 Å². The number of carbonyl (C=O) groups excluding carboxylic acids is 1. The van der Waals surface area contributed by atoms with Crippen LogP contribution < -0.4 is 10.1 Å². The summed E-state index contributed by atoms with van der Waals surface area (Å²) < 4.78 is 45.8. The lowest BCUT2D eigenvalue weighted by Crippen LogP contribution is -2.41. The zero-order chi connectivity index (χ0) is 21.8. The lowest BCUT2D eigenvalue weighted by Gasteiger charge is -2.30. The smallest absolute Gasteiger partial charge is 0.243 e. The van der Waals surface area contributed by atoms with Crippen LogP contribution in [0.15, 0.2) is 53.4 Å². The number of nitrogens with zero attached hydrogens (tertiary/aromatic N) is 1. The lowest BCUT2D eigenvalue weighted by atomic mass is 9.97. The molecule has 1 aliphatic heterocycles. The Balaban J connectivity index is 1.29. The second-order valence-corrected chi connectivity index (χ2v) is 10.1. The first-order valence-corrected chi connectivity index (χ1v) is 12.2. The summed E-state index contributed by atoms with van der Waals surface area (Å²) in [4.78, 5) is 12.7. The Hall–Kier alpha value is -2.45. The van der Waals surface area contributed by atoms with E-state index < -0.39 is 15.8 Å². The number of ether oxygens (including phenoxy) is 1. The molecule has 1 N–H and O–H groups in total. The molecular formula is C23H27FN2O4S. The van der Waals surface area contributed by atoms with Crippen molar-refractivity contribution in [2.75, 3.05) is 18.4 Å². The predicted octanol–water partition coefficient (Wildman–Crippen LogP) is 4.19. The Morgan fingerprint density at radius 3 is 2.16 bits per heavy atom. The summed E-state index contributed by atoms with van der Waals surface area (Å²) in [6.45, 7) is 0.512. The van der Waals surface area contributed by atoms with Gasteiger partial charge in [0.1, 0.15) is 11.6 Å². The molecular weight excluding hydrogens is 419 g/mol. The van der Waals surface area contributed by atoms with Crippen molar-refractivity contribution in [3.8, 4) is 5.75 Å². The Morgan fingerprint density at radius 2 is 1.55 bits per heavy atom. The molecule has 0 spiro atoms. The number of amides is 1. The first kappa shape index (κ1) is 21.8. The normalized spacial score (nSPS) is 18.7. The summed E-state index contributed by atoms with van der Waals surface area (Å²) in [5.41, 5.74) is 0.699. The van der Waals surface area contributed by atoms with Crippen LogP contribution in [0, 0.1) is 11.7 Å². The Bertz CT molecular complexity index is 995. The fraction of sp³-hybridized carbons (Fsp3) is 0.435. The van der Waals surface area contributed by atoms with E-state index in [4.69, 9.17) is 4.74 Å². The average Bonchev–Trinajstić information content (AvgIpc) is 3.28. The van der Waals surface area contributed by atoms with E-state index in [2.05, 4.69) is 5.32 Å². The maximum Gasteiger partial charge on any atom is 0.243 e. The molecule has 2 fully saturated rings. The van der Waals surface area contributed by atoms with Gasteiger partial charge in [-0.1, -0.05) is 0 Å². The van der Waals surface area contributed by atoms with Crippen molar-refractivity contribution in [3.63, 3.8) is 0 Å². The van der Waals surface area contributed by atoms with E-state index in [0.29, 0.717) is 18.5 Å². The minimum Gasteiger partial charge on any atom is -0.490 e. The van der Waals surface area contributed by atoms with Crippen LogP contribution in [0.2, 0.25) is 0 Å². The summed E-state index contributed by atoms with van der Waals surface area (Å²) in [6.07, 6.45) is 5.77. The first-order valence-electron chi connectivity index (χ1n) is 10.7. The number of anilines is 1. The summed E-state index contributed by atoms with van der Waals surface area (Å²) in [6, 6.07) is 12.2. The van der Waals surface area contributed by atoms with Gasteiger partial charge in [0.25, 0.3) is 0 Å². The van der Waals surface area contributed by atoms with Gasteiger partial charge in [-0.05, 0) is 87.1 Å². The Morgan fingerprint density at radius 1 is 0.935 bits per heavy atom. The molecule has 1 heterocycles. The standard InChI is InChI=1S/C23H27FN2O4S/c24-18-5-11-22(12-6-18)31(28,29)26-15-13-17(14-16-26)23(27)25-19-7-9-21(10-8-19)30-20-3-1-2-4-20/h5-12,17,20H,1-4,13-16H2,(H,25,27). The molecule has 1 amide bonds. The van der Waals surface area contributed by atoms with E-state index in [9.17, 15) is 17.6 Å². The quantitative estimate of drug-likeness (QED) is 0.722. The van der Waals surface area contributed by atoms with Gasteiger partial charge in [-0.3, -0.25) is 4.79 Å². The van der Waals surface area contributed by atoms with Gasteiger partial charge in [0.05, 0.1) is 11.0 Å². The van der Waals surface area contributed by atoms with Crippen molar-refractivity contribution < 1.29 is 22.3 Å². The third kappa shape index (κ3) is 5.25. The predicted molar refractivity (Wildman–Crippen MR) is 116 cm³/mol. The maximum atomic E-state index is 13.1. The van der Waals surface area contributed by atoms with Gasteiger partial charge in [-0.15, -0.1) is 0 Å². The van der Waals surface area contributed by atoms with Gasteiger partial charge in [0.15, 0.2) is 0 Å². The minimum atomic E-state index is -3.68. The van der Waals surface area contributed by atoms with Crippen LogP contribution in [0.1, 0.15) is 38.5 Å². The molecule has 1 saturated carbocycles. The maximum absolute atomic E-state index is 13.1. The molecule has 166 valence electrons. The first-order chi connectivity index (χ1) is 14.9. The second kappa shape index (κ2) is 9.36. The third-order valence-electron chi connectivity index (χ3n) is 6.00. The lowest BCUT2D eigenvalue weighted by molar-refractivity contribution is -0.120. The van der Waals surface area contributed by atoms with Crippen LogP contribution >= 0.6 is 0 Å². The molecule has 1 saturated heterocycles. The monoisotopic (exact) mass is 446 g/mol. The van der Waals surface area contributed by atoms with Crippen LogP contribution in [-0.4, -0.2) is 37.8 Å². The molecule has 31 heavy (non-hydrogen) atoms. The number of benzene rings is 2. The van der Waals surface area contributed by atoms with Crippen molar-refractivity contribution in [1.29, 1.82) is 0 Å².